The minimum atomic E-state index is -4.89. The summed E-state index contributed by atoms with van der Waals surface area (Å²) < 4.78 is 87.8. The summed E-state index contributed by atoms with van der Waals surface area (Å²) in [6.45, 7) is -0.801. The van der Waals surface area contributed by atoms with E-state index in [0.29, 0.717) is 16.2 Å². The van der Waals surface area contributed by atoms with Crippen LogP contribution < -0.4 is 19.8 Å². The van der Waals surface area contributed by atoms with Crippen LogP contribution in [0.5, 0.6) is 5.75 Å². The molecule has 2 unspecified atom stereocenters. The maximum Gasteiger partial charge on any atom is 0.418 e. The molecule has 1 saturated heterocycles. The van der Waals surface area contributed by atoms with Crippen LogP contribution in [0.25, 0.3) is 0 Å². The number of alkyl halides is 6. The number of thiazole rings is 1. The van der Waals surface area contributed by atoms with E-state index >= 15 is 0 Å². The van der Waals surface area contributed by atoms with Gasteiger partial charge >= 0.3 is 17.2 Å². The number of aromatic amines is 1. The molecular formula is C30H18ClF6N3O5S2. The van der Waals surface area contributed by atoms with Gasteiger partial charge in [0.2, 0.25) is 11.8 Å². The second kappa shape index (κ2) is 12.1. The van der Waals surface area contributed by atoms with Gasteiger partial charge in [0.1, 0.15) is 11.0 Å². The Balaban J connectivity index is 1.37. The van der Waals surface area contributed by atoms with Crippen LogP contribution in [0.15, 0.2) is 76.6 Å². The van der Waals surface area contributed by atoms with Crippen LogP contribution in [0, 0.1) is 5.92 Å². The molecule has 0 spiro atoms. The van der Waals surface area contributed by atoms with Crippen LogP contribution in [0.1, 0.15) is 27.5 Å². The van der Waals surface area contributed by atoms with Gasteiger partial charge in [-0.3, -0.25) is 19.2 Å². The zero-order chi connectivity index (χ0) is 33.8. The monoisotopic (exact) mass is 713 g/mol. The van der Waals surface area contributed by atoms with Gasteiger partial charge in [-0.2, -0.15) is 26.3 Å². The third-order valence-electron chi connectivity index (χ3n) is 7.45. The number of rotatable bonds is 6. The summed E-state index contributed by atoms with van der Waals surface area (Å²) in [6.07, 6.45) is -9.64. The van der Waals surface area contributed by atoms with E-state index in [1.807, 2.05) is 0 Å². The van der Waals surface area contributed by atoms with Gasteiger partial charge in [-0.25, -0.2) is 4.90 Å². The van der Waals surface area contributed by atoms with E-state index in [0.717, 1.165) is 48.2 Å². The number of nitrogens with zero attached hydrogens (tertiary/aromatic N) is 1. The van der Waals surface area contributed by atoms with Crippen LogP contribution in [0.3, 0.4) is 0 Å². The largest absolute Gasteiger partial charge is 0.483 e. The fourth-order valence-electron chi connectivity index (χ4n) is 5.56. The standard InChI is InChI=1S/C30H18ClF6N3O5S2/c31-13-9-10-19(45-12-20(41)38-17-7-3-1-5-15(17)29(32,33)34)14(11-13)21-22-24(46-25-23(21)47-28(44)39-25)27(43)40(26(22)42)18-8-4-2-6-16(18)30(35,36)37/h1-11,21-22,24H,12H2,(H,38,41)(H,39,44)/t21-,22?,24?/m1/s1. The van der Waals surface area contributed by atoms with Gasteiger partial charge in [0.25, 0.3) is 5.91 Å². The number of hydrogen-bond donors (Lipinski definition) is 2. The van der Waals surface area contributed by atoms with Crippen molar-refractivity contribution < 1.29 is 45.5 Å². The molecule has 47 heavy (non-hydrogen) atoms. The number of benzene rings is 3. The fourth-order valence-corrected chi connectivity index (χ4v) is 8.25. The van der Waals surface area contributed by atoms with Crippen molar-refractivity contribution in [1.29, 1.82) is 0 Å². The molecule has 0 aliphatic carbocycles. The van der Waals surface area contributed by atoms with Gasteiger partial charge in [-0.15, -0.1) is 0 Å². The lowest BCUT2D eigenvalue weighted by molar-refractivity contribution is -0.138. The first-order valence-corrected chi connectivity index (χ1v) is 15.5. The van der Waals surface area contributed by atoms with Crippen molar-refractivity contribution in [3.8, 4) is 5.75 Å². The van der Waals surface area contributed by atoms with Crippen LogP contribution in [0.2, 0.25) is 5.02 Å². The third-order valence-corrected chi connectivity index (χ3v) is 10.1. The Kier molecular flexibility index (Phi) is 8.38. The lowest BCUT2D eigenvalue weighted by Gasteiger charge is -2.31. The summed E-state index contributed by atoms with van der Waals surface area (Å²) in [5.74, 6) is -5.41. The number of hydrogen-bond acceptors (Lipinski definition) is 7. The molecule has 2 aliphatic heterocycles. The highest BCUT2D eigenvalue weighted by Gasteiger charge is 2.58. The van der Waals surface area contributed by atoms with Crippen molar-refractivity contribution in [1.82, 2.24) is 4.98 Å². The molecule has 0 bridgehead atoms. The number of fused-ring (bicyclic) bond motifs is 2. The van der Waals surface area contributed by atoms with Gasteiger partial charge in [0, 0.05) is 21.4 Å². The van der Waals surface area contributed by atoms with Crippen molar-refractivity contribution in [2.45, 2.75) is 28.5 Å². The molecule has 244 valence electrons. The number of carbonyl (C=O) groups excluding carboxylic acids is 3. The highest BCUT2D eigenvalue weighted by atomic mass is 35.5. The molecule has 17 heteroatoms. The van der Waals surface area contributed by atoms with E-state index in [1.54, 1.807) is 0 Å². The molecule has 8 nitrogen and oxygen atoms in total. The molecule has 6 rings (SSSR count). The summed E-state index contributed by atoms with van der Waals surface area (Å²) in [5, 5.41) is 1.22. The van der Waals surface area contributed by atoms with Crippen LogP contribution in [-0.4, -0.2) is 34.6 Å². The van der Waals surface area contributed by atoms with Crippen molar-refractivity contribution in [3.63, 3.8) is 0 Å². The predicted molar refractivity (Wildman–Crippen MR) is 161 cm³/mol. The number of anilines is 2. The molecule has 2 N–H and O–H groups in total. The maximum atomic E-state index is 14.0. The van der Waals surface area contributed by atoms with E-state index in [4.69, 9.17) is 16.3 Å². The van der Waals surface area contributed by atoms with Gasteiger partial charge in [0.15, 0.2) is 6.61 Å². The van der Waals surface area contributed by atoms with Gasteiger partial charge in [-0.05, 0) is 42.5 Å². The molecule has 3 aromatic carbocycles. The highest BCUT2D eigenvalue weighted by molar-refractivity contribution is 8.00. The van der Waals surface area contributed by atoms with Crippen molar-refractivity contribution >= 4 is 63.8 Å². The first-order valence-electron chi connectivity index (χ1n) is 13.5. The van der Waals surface area contributed by atoms with Crippen molar-refractivity contribution in [3.05, 3.63) is 103 Å². The fraction of sp³-hybridized carbons (Fsp3) is 0.200. The predicted octanol–water partition coefficient (Wildman–Crippen LogP) is 6.94. The lowest BCUT2D eigenvalue weighted by Crippen LogP contribution is -2.33. The zero-order valence-corrected chi connectivity index (χ0v) is 25.6. The van der Waals surface area contributed by atoms with E-state index in [1.165, 1.54) is 30.3 Å². The quantitative estimate of drug-likeness (QED) is 0.166. The molecule has 1 fully saturated rings. The van der Waals surface area contributed by atoms with Gasteiger partial charge < -0.3 is 15.0 Å². The number of para-hydroxylation sites is 2. The molecule has 4 aromatic rings. The maximum absolute atomic E-state index is 14.0. The number of imide groups is 1. The Morgan fingerprint density at radius 2 is 1.57 bits per heavy atom. The number of nitrogens with one attached hydrogen (secondary N) is 2. The Morgan fingerprint density at radius 3 is 2.28 bits per heavy atom. The van der Waals surface area contributed by atoms with Crippen LogP contribution >= 0.6 is 34.7 Å². The molecule has 3 amide bonds. The molecule has 0 saturated carbocycles. The molecular weight excluding hydrogens is 696 g/mol. The first kappa shape index (κ1) is 32.7. The number of aromatic nitrogens is 1. The highest BCUT2D eigenvalue weighted by Crippen LogP contribution is 2.55. The molecule has 2 aliphatic rings. The molecule has 1 aromatic heterocycles. The minimum absolute atomic E-state index is 0.0644. The summed E-state index contributed by atoms with van der Waals surface area (Å²) in [7, 11) is 0. The summed E-state index contributed by atoms with van der Waals surface area (Å²) in [6, 6.07) is 12.5. The number of carbonyl (C=O) groups is 3. The van der Waals surface area contributed by atoms with Crippen LogP contribution in [0.4, 0.5) is 37.7 Å². The first-order chi connectivity index (χ1) is 22.1. The Hall–Kier alpha value is -4.28. The third kappa shape index (κ3) is 6.12. The Morgan fingerprint density at radius 1 is 0.915 bits per heavy atom. The zero-order valence-electron chi connectivity index (χ0n) is 23.2. The number of ether oxygens (including phenoxy) is 1. The number of amides is 3. The average molecular weight is 714 g/mol. The Labute approximate surface area is 273 Å². The van der Waals surface area contributed by atoms with Crippen molar-refractivity contribution in [2.24, 2.45) is 5.92 Å². The number of thioether (sulfide) groups is 1. The Bertz CT molecular complexity index is 1980. The molecule has 3 heterocycles. The normalized spacial score (nSPS) is 19.4. The SMILES string of the molecule is O=C(COc1ccc(Cl)cc1[C@H]1c2sc(=O)[nH]c2SC2C(=O)N(c3ccccc3C(F)(F)F)C(=O)C21)Nc1ccccc1C(F)(F)F. The molecule has 3 atom stereocenters. The van der Waals surface area contributed by atoms with Crippen LogP contribution in [-0.2, 0) is 26.7 Å². The van der Waals surface area contributed by atoms with E-state index < -0.39 is 81.1 Å². The summed E-state index contributed by atoms with van der Waals surface area (Å²) in [5.41, 5.74) is -3.32. The van der Waals surface area contributed by atoms with E-state index in [9.17, 15) is 45.5 Å². The number of halogens is 7. The smallest absolute Gasteiger partial charge is 0.418 e. The second-order valence-corrected chi connectivity index (χ2v) is 12.9. The molecule has 0 radical (unpaired) electrons. The lowest BCUT2D eigenvalue weighted by atomic mass is 9.82. The van der Waals surface area contributed by atoms with Gasteiger partial charge in [-0.1, -0.05) is 59.0 Å². The minimum Gasteiger partial charge on any atom is -0.483 e. The summed E-state index contributed by atoms with van der Waals surface area (Å²) in [4.78, 5) is 55.7. The van der Waals surface area contributed by atoms with Crippen molar-refractivity contribution in [2.75, 3.05) is 16.8 Å². The summed E-state index contributed by atoms with van der Waals surface area (Å²) >= 11 is 7.85. The van der Waals surface area contributed by atoms with E-state index in [2.05, 4.69) is 10.3 Å². The number of H-pyrrole nitrogens is 1. The van der Waals surface area contributed by atoms with Gasteiger partial charge in [0.05, 0.1) is 33.4 Å². The topological polar surface area (TPSA) is 109 Å². The van der Waals surface area contributed by atoms with E-state index in [-0.39, 0.29) is 26.2 Å². The second-order valence-electron chi connectivity index (χ2n) is 10.3. The average Bonchev–Trinajstić information content (AvgIpc) is 3.49.